The Balaban J connectivity index is 2.18. The molecular formula is C17H14N2O2. The first-order valence-electron chi connectivity index (χ1n) is 6.52. The van der Waals surface area contributed by atoms with Crippen molar-refractivity contribution < 1.29 is 4.74 Å². The van der Waals surface area contributed by atoms with Crippen LogP contribution >= 0.6 is 0 Å². The summed E-state index contributed by atoms with van der Waals surface area (Å²) in [5.74, 6) is 0.546. The number of aromatic nitrogens is 2. The van der Waals surface area contributed by atoms with Crippen LogP contribution in [0.4, 0.5) is 0 Å². The van der Waals surface area contributed by atoms with E-state index in [9.17, 15) is 4.79 Å². The summed E-state index contributed by atoms with van der Waals surface area (Å²) in [5, 5.41) is 0. The van der Waals surface area contributed by atoms with E-state index in [1.54, 1.807) is 7.11 Å². The monoisotopic (exact) mass is 278 g/mol. The molecule has 2 aromatic carbocycles. The van der Waals surface area contributed by atoms with Crippen molar-refractivity contribution in [3.05, 3.63) is 71.0 Å². The van der Waals surface area contributed by atoms with Crippen molar-refractivity contribution >= 4 is 16.8 Å². The van der Waals surface area contributed by atoms with Crippen molar-refractivity contribution in [3.63, 3.8) is 0 Å². The maximum Gasteiger partial charge on any atom is 0.274 e. The average molecular weight is 278 g/mol. The van der Waals surface area contributed by atoms with E-state index in [0.29, 0.717) is 17.0 Å². The van der Waals surface area contributed by atoms with Gasteiger partial charge in [-0.15, -0.1) is 0 Å². The molecular weight excluding hydrogens is 264 g/mol. The number of aromatic amines is 1. The van der Waals surface area contributed by atoms with E-state index in [1.165, 1.54) is 0 Å². The van der Waals surface area contributed by atoms with Crippen LogP contribution < -0.4 is 5.56 Å². The lowest BCUT2D eigenvalue weighted by Gasteiger charge is -2.07. The zero-order chi connectivity index (χ0) is 14.8. The molecule has 21 heavy (non-hydrogen) atoms. The molecule has 3 aromatic rings. The minimum Gasteiger partial charge on any atom is -0.497 e. The van der Waals surface area contributed by atoms with Gasteiger partial charge in [0.05, 0.1) is 18.1 Å². The molecule has 0 saturated carbocycles. The van der Waals surface area contributed by atoms with E-state index in [1.807, 2.05) is 48.5 Å². The first-order chi connectivity index (χ1) is 10.2. The summed E-state index contributed by atoms with van der Waals surface area (Å²) < 4.78 is 5.10. The maximum absolute atomic E-state index is 12.2. The minimum absolute atomic E-state index is 0.214. The van der Waals surface area contributed by atoms with Gasteiger partial charge < -0.3 is 9.72 Å². The summed E-state index contributed by atoms with van der Waals surface area (Å²) in [6.07, 6.45) is 0. The molecule has 1 N–H and O–H groups in total. The second kappa shape index (κ2) is 5.25. The number of ether oxygens (including phenoxy) is 1. The van der Waals surface area contributed by atoms with E-state index in [2.05, 4.69) is 16.5 Å². The lowest BCUT2D eigenvalue weighted by molar-refractivity contribution is 0.371. The predicted molar refractivity (Wildman–Crippen MR) is 83.8 cm³/mol. The standard InChI is InChI=1S/C17H14N2O2/c1-11(21-2)13-8-9-14-15(10-13)19-17(20)16(18-14)12-6-4-3-5-7-12/h3-10H,1H2,2H3,(H,19,20). The van der Waals surface area contributed by atoms with Gasteiger partial charge in [-0.2, -0.15) is 0 Å². The highest BCUT2D eigenvalue weighted by Crippen LogP contribution is 2.19. The van der Waals surface area contributed by atoms with Crippen LogP contribution in [0.3, 0.4) is 0 Å². The number of fused-ring (bicyclic) bond motifs is 1. The Kier molecular flexibility index (Phi) is 3.28. The van der Waals surface area contributed by atoms with Crippen molar-refractivity contribution in [2.75, 3.05) is 7.11 Å². The summed E-state index contributed by atoms with van der Waals surface area (Å²) >= 11 is 0. The normalized spacial score (nSPS) is 10.5. The lowest BCUT2D eigenvalue weighted by Crippen LogP contribution is -2.11. The van der Waals surface area contributed by atoms with Gasteiger partial charge in [-0.25, -0.2) is 4.98 Å². The number of hydrogen-bond acceptors (Lipinski definition) is 3. The van der Waals surface area contributed by atoms with Crippen molar-refractivity contribution in [1.82, 2.24) is 9.97 Å². The van der Waals surface area contributed by atoms with Gasteiger partial charge in [0.15, 0.2) is 0 Å². The Labute approximate surface area is 121 Å². The minimum atomic E-state index is -0.214. The molecule has 0 unspecified atom stereocenters. The van der Waals surface area contributed by atoms with E-state index in [-0.39, 0.29) is 5.56 Å². The van der Waals surface area contributed by atoms with Crippen molar-refractivity contribution in [3.8, 4) is 11.3 Å². The van der Waals surface area contributed by atoms with Crippen LogP contribution in [0.15, 0.2) is 59.9 Å². The van der Waals surface area contributed by atoms with Gasteiger partial charge >= 0.3 is 0 Å². The van der Waals surface area contributed by atoms with Crippen LogP contribution in [-0.4, -0.2) is 17.1 Å². The Morgan fingerprint density at radius 3 is 2.67 bits per heavy atom. The molecule has 1 heterocycles. The van der Waals surface area contributed by atoms with Crippen molar-refractivity contribution in [2.24, 2.45) is 0 Å². The molecule has 3 rings (SSSR count). The summed E-state index contributed by atoms with van der Waals surface area (Å²) in [4.78, 5) is 19.5. The van der Waals surface area contributed by atoms with Crippen LogP contribution in [0.1, 0.15) is 5.56 Å². The molecule has 0 aliphatic heterocycles. The number of H-pyrrole nitrogens is 1. The smallest absolute Gasteiger partial charge is 0.274 e. The van der Waals surface area contributed by atoms with E-state index in [4.69, 9.17) is 4.74 Å². The molecule has 0 amide bonds. The Bertz CT molecular complexity index is 867. The molecule has 1 aromatic heterocycles. The molecule has 0 radical (unpaired) electrons. The predicted octanol–water partition coefficient (Wildman–Crippen LogP) is 3.21. The van der Waals surface area contributed by atoms with Crippen LogP contribution in [-0.2, 0) is 4.74 Å². The molecule has 0 spiro atoms. The first kappa shape index (κ1) is 13.1. The third-order valence-corrected chi connectivity index (χ3v) is 3.31. The molecule has 0 aliphatic carbocycles. The Morgan fingerprint density at radius 1 is 1.19 bits per heavy atom. The quantitative estimate of drug-likeness (QED) is 0.748. The highest BCUT2D eigenvalue weighted by molar-refractivity contribution is 5.80. The fraction of sp³-hybridized carbons (Fsp3) is 0.0588. The molecule has 4 heteroatoms. The zero-order valence-electron chi connectivity index (χ0n) is 11.6. The number of methoxy groups -OCH3 is 1. The summed E-state index contributed by atoms with van der Waals surface area (Å²) in [5.41, 5.74) is 3.20. The fourth-order valence-corrected chi connectivity index (χ4v) is 2.17. The summed E-state index contributed by atoms with van der Waals surface area (Å²) in [7, 11) is 1.56. The molecule has 4 nitrogen and oxygen atoms in total. The topological polar surface area (TPSA) is 55.0 Å². The van der Waals surface area contributed by atoms with Crippen LogP contribution in [0.2, 0.25) is 0 Å². The number of nitrogens with zero attached hydrogens (tertiary/aromatic N) is 1. The third kappa shape index (κ3) is 2.43. The van der Waals surface area contributed by atoms with Crippen molar-refractivity contribution in [2.45, 2.75) is 0 Å². The highest BCUT2D eigenvalue weighted by atomic mass is 16.5. The van der Waals surface area contributed by atoms with Gasteiger partial charge in [0.25, 0.3) is 5.56 Å². The third-order valence-electron chi connectivity index (χ3n) is 3.31. The SMILES string of the molecule is C=C(OC)c1ccc2nc(-c3ccccc3)c(=O)[nH]c2c1. The van der Waals surface area contributed by atoms with Crippen LogP contribution in [0, 0.1) is 0 Å². The molecule has 0 atom stereocenters. The van der Waals surface area contributed by atoms with Crippen LogP contribution in [0.5, 0.6) is 0 Å². The van der Waals surface area contributed by atoms with Crippen molar-refractivity contribution in [1.29, 1.82) is 0 Å². The fourth-order valence-electron chi connectivity index (χ4n) is 2.17. The van der Waals surface area contributed by atoms with E-state index < -0.39 is 0 Å². The first-order valence-corrected chi connectivity index (χ1v) is 6.52. The van der Waals surface area contributed by atoms with Gasteiger partial charge in [0.1, 0.15) is 11.5 Å². The second-order valence-corrected chi connectivity index (χ2v) is 4.64. The average Bonchev–Trinajstić information content (AvgIpc) is 2.53. The highest BCUT2D eigenvalue weighted by Gasteiger charge is 2.08. The van der Waals surface area contributed by atoms with Gasteiger partial charge in [-0.05, 0) is 18.2 Å². The van der Waals surface area contributed by atoms with Gasteiger partial charge in [0.2, 0.25) is 0 Å². The van der Waals surface area contributed by atoms with Gasteiger partial charge in [-0.1, -0.05) is 36.9 Å². The molecule has 0 aliphatic rings. The molecule has 0 bridgehead atoms. The largest absolute Gasteiger partial charge is 0.497 e. The maximum atomic E-state index is 12.2. The summed E-state index contributed by atoms with van der Waals surface area (Å²) in [6.45, 7) is 3.80. The number of benzene rings is 2. The number of hydrogen-bond donors (Lipinski definition) is 1. The van der Waals surface area contributed by atoms with Crippen LogP contribution in [0.25, 0.3) is 28.0 Å². The second-order valence-electron chi connectivity index (χ2n) is 4.64. The molecule has 104 valence electrons. The summed E-state index contributed by atoms with van der Waals surface area (Å²) in [6, 6.07) is 14.9. The number of rotatable bonds is 3. The van der Waals surface area contributed by atoms with E-state index >= 15 is 0 Å². The number of nitrogens with one attached hydrogen (secondary N) is 1. The lowest BCUT2D eigenvalue weighted by atomic mass is 10.1. The zero-order valence-corrected chi connectivity index (χ0v) is 11.6. The molecule has 0 saturated heterocycles. The van der Waals surface area contributed by atoms with Gasteiger partial charge in [-0.3, -0.25) is 4.79 Å². The van der Waals surface area contributed by atoms with E-state index in [0.717, 1.165) is 16.6 Å². The van der Waals surface area contributed by atoms with Gasteiger partial charge in [0, 0.05) is 11.1 Å². The molecule has 0 fully saturated rings. The Morgan fingerprint density at radius 2 is 1.95 bits per heavy atom. The Hall–Kier alpha value is -2.88.